The second kappa shape index (κ2) is 2.91. The first-order valence-electron chi connectivity index (χ1n) is 3.84. The molecule has 14 heavy (non-hydrogen) atoms. The van der Waals surface area contributed by atoms with Crippen LogP contribution in [0.4, 0.5) is 11.5 Å². The van der Waals surface area contributed by atoms with Crippen molar-refractivity contribution in [1.82, 2.24) is 9.97 Å². The van der Waals surface area contributed by atoms with Crippen LogP contribution in [0.15, 0.2) is 24.4 Å². The van der Waals surface area contributed by atoms with Crippen LogP contribution < -0.4 is 5.73 Å². The molecule has 0 saturated heterocycles. The molecule has 0 aliphatic heterocycles. The number of nitrogens with zero attached hydrogens (tertiary/aromatic N) is 3. The number of rotatable bonds is 1. The van der Waals surface area contributed by atoms with Gasteiger partial charge < -0.3 is 5.73 Å². The molecule has 0 unspecified atom stereocenters. The minimum absolute atomic E-state index is 0.0875. The lowest BCUT2D eigenvalue weighted by Crippen LogP contribution is -1.99. The molecular formula is C8H6N4O2. The van der Waals surface area contributed by atoms with Crippen LogP contribution in [-0.2, 0) is 0 Å². The minimum atomic E-state index is -0.573. The molecule has 2 aromatic heterocycles. The van der Waals surface area contributed by atoms with Crippen molar-refractivity contribution >= 4 is 22.5 Å². The van der Waals surface area contributed by atoms with E-state index in [1.54, 1.807) is 18.3 Å². The van der Waals surface area contributed by atoms with Crippen molar-refractivity contribution in [3.8, 4) is 0 Å². The zero-order chi connectivity index (χ0) is 10.1. The lowest BCUT2D eigenvalue weighted by molar-refractivity contribution is -0.384. The Bertz CT molecular complexity index is 512. The van der Waals surface area contributed by atoms with Crippen LogP contribution in [0, 0.1) is 10.1 Å². The van der Waals surface area contributed by atoms with Crippen LogP contribution in [0.5, 0.6) is 0 Å². The fourth-order valence-electron chi connectivity index (χ4n) is 1.15. The van der Waals surface area contributed by atoms with Crippen LogP contribution in [-0.4, -0.2) is 14.9 Å². The van der Waals surface area contributed by atoms with Gasteiger partial charge in [0, 0.05) is 12.3 Å². The normalized spacial score (nSPS) is 10.3. The number of aromatic nitrogens is 2. The Balaban J connectivity index is 2.77. The molecule has 0 aliphatic rings. The maximum Gasteiger partial charge on any atom is 0.313 e. The maximum absolute atomic E-state index is 10.5. The van der Waals surface area contributed by atoms with E-state index in [0.29, 0.717) is 11.0 Å². The summed E-state index contributed by atoms with van der Waals surface area (Å²) in [5, 5.41) is 10.5. The molecule has 2 aromatic rings. The molecule has 0 aliphatic carbocycles. The molecule has 2 heterocycles. The third kappa shape index (κ3) is 1.22. The van der Waals surface area contributed by atoms with Crippen LogP contribution >= 0.6 is 0 Å². The summed E-state index contributed by atoms with van der Waals surface area (Å²) in [4.78, 5) is 17.8. The van der Waals surface area contributed by atoms with E-state index in [-0.39, 0.29) is 11.5 Å². The zero-order valence-electron chi connectivity index (χ0n) is 7.04. The SMILES string of the molecule is Nc1nc2cccnc2cc1[N+](=O)[O-]. The van der Waals surface area contributed by atoms with Gasteiger partial charge in [0.2, 0.25) is 5.82 Å². The van der Waals surface area contributed by atoms with Gasteiger partial charge in [0.25, 0.3) is 0 Å². The van der Waals surface area contributed by atoms with E-state index >= 15 is 0 Å². The number of pyridine rings is 2. The molecule has 0 spiro atoms. The fourth-order valence-corrected chi connectivity index (χ4v) is 1.15. The lowest BCUT2D eigenvalue weighted by Gasteiger charge is -1.98. The summed E-state index contributed by atoms with van der Waals surface area (Å²) in [6.45, 7) is 0. The van der Waals surface area contributed by atoms with Crippen molar-refractivity contribution in [1.29, 1.82) is 0 Å². The largest absolute Gasteiger partial charge is 0.378 e. The Hall–Kier alpha value is -2.24. The highest BCUT2D eigenvalue weighted by Crippen LogP contribution is 2.22. The van der Waals surface area contributed by atoms with E-state index in [2.05, 4.69) is 9.97 Å². The van der Waals surface area contributed by atoms with Gasteiger partial charge in [-0.15, -0.1) is 0 Å². The monoisotopic (exact) mass is 190 g/mol. The molecule has 70 valence electrons. The molecule has 2 N–H and O–H groups in total. The lowest BCUT2D eigenvalue weighted by atomic mass is 10.3. The van der Waals surface area contributed by atoms with Gasteiger partial charge >= 0.3 is 5.69 Å². The summed E-state index contributed by atoms with van der Waals surface area (Å²) in [6, 6.07) is 4.71. The molecule has 0 saturated carbocycles. The molecule has 0 bridgehead atoms. The number of fused-ring (bicyclic) bond motifs is 1. The third-order valence-corrected chi connectivity index (χ3v) is 1.79. The van der Waals surface area contributed by atoms with E-state index in [4.69, 9.17) is 5.73 Å². The summed E-state index contributed by atoms with van der Waals surface area (Å²) >= 11 is 0. The number of hydrogen-bond acceptors (Lipinski definition) is 5. The predicted octanol–water partition coefficient (Wildman–Crippen LogP) is 1.12. The summed E-state index contributed by atoms with van der Waals surface area (Å²) < 4.78 is 0. The number of nitrogens with two attached hydrogens (primary N) is 1. The van der Waals surface area contributed by atoms with E-state index in [9.17, 15) is 10.1 Å². The van der Waals surface area contributed by atoms with Crippen molar-refractivity contribution in [2.24, 2.45) is 0 Å². The fraction of sp³-hybridized carbons (Fsp3) is 0. The van der Waals surface area contributed by atoms with Crippen molar-refractivity contribution in [3.63, 3.8) is 0 Å². The molecular weight excluding hydrogens is 184 g/mol. The first-order valence-corrected chi connectivity index (χ1v) is 3.84. The molecule has 0 fully saturated rings. The topological polar surface area (TPSA) is 94.9 Å². The first kappa shape index (κ1) is 8.36. The molecule has 0 radical (unpaired) electrons. The zero-order valence-corrected chi connectivity index (χ0v) is 7.04. The Kier molecular flexibility index (Phi) is 1.74. The van der Waals surface area contributed by atoms with Gasteiger partial charge in [0.05, 0.1) is 16.0 Å². The smallest absolute Gasteiger partial charge is 0.313 e. The summed E-state index contributed by atoms with van der Waals surface area (Å²) in [6.07, 6.45) is 1.55. The van der Waals surface area contributed by atoms with Crippen LogP contribution in [0.25, 0.3) is 11.0 Å². The Morgan fingerprint density at radius 1 is 1.43 bits per heavy atom. The third-order valence-electron chi connectivity index (χ3n) is 1.79. The summed E-state index contributed by atoms with van der Waals surface area (Å²) in [5.41, 5.74) is 6.21. The van der Waals surface area contributed by atoms with Crippen molar-refractivity contribution in [3.05, 3.63) is 34.5 Å². The summed E-state index contributed by atoms with van der Waals surface area (Å²) in [7, 11) is 0. The van der Waals surface area contributed by atoms with E-state index < -0.39 is 4.92 Å². The minimum Gasteiger partial charge on any atom is -0.378 e. The van der Waals surface area contributed by atoms with Crippen LogP contribution in [0.3, 0.4) is 0 Å². The van der Waals surface area contributed by atoms with Gasteiger partial charge in [-0.1, -0.05) is 0 Å². The van der Waals surface area contributed by atoms with Gasteiger partial charge in [-0.2, -0.15) is 0 Å². The van der Waals surface area contributed by atoms with Gasteiger partial charge in [0.15, 0.2) is 0 Å². The van der Waals surface area contributed by atoms with Crippen molar-refractivity contribution in [2.75, 3.05) is 5.73 Å². The van der Waals surface area contributed by atoms with E-state index in [1.165, 1.54) is 6.07 Å². The Labute approximate surface area is 78.5 Å². The Morgan fingerprint density at radius 2 is 2.21 bits per heavy atom. The molecule has 2 rings (SSSR count). The number of nitro groups is 1. The second-order valence-electron chi connectivity index (χ2n) is 2.69. The van der Waals surface area contributed by atoms with Gasteiger partial charge in [-0.05, 0) is 12.1 Å². The highest BCUT2D eigenvalue weighted by molar-refractivity contribution is 5.80. The highest BCUT2D eigenvalue weighted by Gasteiger charge is 2.13. The van der Waals surface area contributed by atoms with E-state index in [0.717, 1.165) is 0 Å². The highest BCUT2D eigenvalue weighted by atomic mass is 16.6. The van der Waals surface area contributed by atoms with Gasteiger partial charge in [-0.25, -0.2) is 4.98 Å². The van der Waals surface area contributed by atoms with Crippen LogP contribution in [0.1, 0.15) is 0 Å². The van der Waals surface area contributed by atoms with Crippen molar-refractivity contribution in [2.45, 2.75) is 0 Å². The molecule has 0 aromatic carbocycles. The maximum atomic E-state index is 10.5. The van der Waals surface area contributed by atoms with Gasteiger partial charge in [-0.3, -0.25) is 15.1 Å². The second-order valence-corrected chi connectivity index (χ2v) is 2.69. The average Bonchev–Trinajstić information content (AvgIpc) is 2.16. The number of nitrogen functional groups attached to an aromatic ring is 1. The standard InChI is InChI=1S/C8H6N4O2/c9-8-7(12(13)14)4-6-5(11-8)2-1-3-10-6/h1-4H,(H2,9,11). The molecule has 6 nitrogen and oxygen atoms in total. The quantitative estimate of drug-likeness (QED) is 0.537. The van der Waals surface area contributed by atoms with Crippen LogP contribution in [0.2, 0.25) is 0 Å². The number of hydrogen-bond donors (Lipinski definition) is 1. The predicted molar refractivity (Wildman–Crippen MR) is 50.6 cm³/mol. The molecule has 6 heteroatoms. The summed E-state index contributed by atoms with van der Waals surface area (Å²) in [5.74, 6) is -0.0875. The number of anilines is 1. The molecule has 0 amide bonds. The van der Waals surface area contributed by atoms with E-state index in [1.807, 2.05) is 0 Å². The Morgan fingerprint density at radius 3 is 2.93 bits per heavy atom. The van der Waals surface area contributed by atoms with Crippen molar-refractivity contribution < 1.29 is 4.92 Å². The molecule has 0 atom stereocenters. The first-order chi connectivity index (χ1) is 6.68. The average molecular weight is 190 g/mol. The van der Waals surface area contributed by atoms with Gasteiger partial charge in [0.1, 0.15) is 0 Å².